The van der Waals surface area contributed by atoms with Gasteiger partial charge in [0, 0.05) is 25.2 Å². The molecule has 0 aromatic heterocycles. The van der Waals surface area contributed by atoms with Crippen molar-refractivity contribution >= 4 is 11.8 Å². The number of hydrogen-bond donors (Lipinski definition) is 2. The fraction of sp³-hybridized carbons (Fsp3) is 0.429. The quantitative estimate of drug-likeness (QED) is 0.795. The summed E-state index contributed by atoms with van der Waals surface area (Å²) in [6, 6.07) is 7.23. The van der Waals surface area contributed by atoms with Crippen LogP contribution in [0.4, 0.5) is 0 Å². The Hall–Kier alpha value is -1.88. The Morgan fingerprint density at radius 1 is 1.26 bits per heavy atom. The molecule has 1 aromatic rings. The Balaban J connectivity index is 2.54. The van der Waals surface area contributed by atoms with E-state index in [0.29, 0.717) is 18.7 Å². The molecule has 0 bridgehead atoms. The van der Waals surface area contributed by atoms with Gasteiger partial charge in [-0.15, -0.1) is 0 Å². The van der Waals surface area contributed by atoms with Crippen molar-refractivity contribution in [2.24, 2.45) is 5.73 Å². The van der Waals surface area contributed by atoms with Crippen LogP contribution in [0.25, 0.3) is 0 Å². The Bertz CT molecular complexity index is 441. The SMILES string of the molecule is CC(C)NCC(=O)N(C)Cc1ccc(C(N)=O)cc1. The Kier molecular flexibility index (Phi) is 5.51. The topological polar surface area (TPSA) is 75.4 Å². The van der Waals surface area contributed by atoms with Gasteiger partial charge in [0.15, 0.2) is 0 Å². The molecule has 0 heterocycles. The van der Waals surface area contributed by atoms with Crippen LogP contribution in [0.15, 0.2) is 24.3 Å². The number of nitrogens with one attached hydrogen (secondary N) is 1. The number of likely N-dealkylation sites (N-methyl/N-ethyl adjacent to an activating group) is 1. The van der Waals surface area contributed by atoms with Crippen molar-refractivity contribution in [1.82, 2.24) is 10.2 Å². The van der Waals surface area contributed by atoms with E-state index in [1.165, 1.54) is 0 Å². The van der Waals surface area contributed by atoms with Crippen molar-refractivity contribution in [3.63, 3.8) is 0 Å². The number of nitrogens with two attached hydrogens (primary N) is 1. The summed E-state index contributed by atoms with van der Waals surface area (Å²) < 4.78 is 0. The molecule has 2 amide bonds. The number of rotatable bonds is 6. The second-order valence-electron chi connectivity index (χ2n) is 4.85. The lowest BCUT2D eigenvalue weighted by Gasteiger charge is -2.18. The highest BCUT2D eigenvalue weighted by Crippen LogP contribution is 2.06. The molecule has 0 saturated heterocycles. The van der Waals surface area contributed by atoms with Crippen LogP contribution in [0.3, 0.4) is 0 Å². The molecule has 0 fully saturated rings. The van der Waals surface area contributed by atoms with Gasteiger partial charge in [-0.05, 0) is 17.7 Å². The maximum atomic E-state index is 11.8. The molecule has 0 aliphatic carbocycles. The van der Waals surface area contributed by atoms with Gasteiger partial charge < -0.3 is 16.0 Å². The van der Waals surface area contributed by atoms with Gasteiger partial charge in [0.2, 0.25) is 11.8 Å². The Morgan fingerprint density at radius 2 is 1.84 bits per heavy atom. The van der Waals surface area contributed by atoms with Gasteiger partial charge in [-0.1, -0.05) is 26.0 Å². The molecule has 0 unspecified atom stereocenters. The van der Waals surface area contributed by atoms with E-state index in [1.807, 2.05) is 13.8 Å². The van der Waals surface area contributed by atoms with Crippen LogP contribution in [0, 0.1) is 0 Å². The second-order valence-corrected chi connectivity index (χ2v) is 4.85. The first-order chi connectivity index (χ1) is 8.90. The van der Waals surface area contributed by atoms with Crippen LogP contribution >= 0.6 is 0 Å². The van der Waals surface area contributed by atoms with Crippen molar-refractivity contribution in [3.05, 3.63) is 35.4 Å². The monoisotopic (exact) mass is 263 g/mol. The summed E-state index contributed by atoms with van der Waals surface area (Å²) in [5.41, 5.74) is 6.60. The smallest absolute Gasteiger partial charge is 0.248 e. The van der Waals surface area contributed by atoms with Gasteiger partial charge in [0.25, 0.3) is 0 Å². The van der Waals surface area contributed by atoms with Crippen molar-refractivity contribution < 1.29 is 9.59 Å². The first-order valence-electron chi connectivity index (χ1n) is 6.26. The normalized spacial score (nSPS) is 10.5. The zero-order valence-corrected chi connectivity index (χ0v) is 11.6. The van der Waals surface area contributed by atoms with Gasteiger partial charge in [-0.25, -0.2) is 0 Å². The average Bonchev–Trinajstić information content (AvgIpc) is 2.36. The molecule has 0 aliphatic heterocycles. The largest absolute Gasteiger partial charge is 0.366 e. The molecule has 104 valence electrons. The molecule has 5 nitrogen and oxygen atoms in total. The molecule has 3 N–H and O–H groups in total. The minimum absolute atomic E-state index is 0.0349. The highest BCUT2D eigenvalue weighted by atomic mass is 16.2. The molecule has 0 aliphatic rings. The zero-order chi connectivity index (χ0) is 14.4. The van der Waals surface area contributed by atoms with Crippen molar-refractivity contribution in [2.45, 2.75) is 26.4 Å². The fourth-order valence-corrected chi connectivity index (χ4v) is 1.56. The van der Waals surface area contributed by atoms with Gasteiger partial charge >= 0.3 is 0 Å². The summed E-state index contributed by atoms with van der Waals surface area (Å²) in [7, 11) is 1.76. The number of amides is 2. The third kappa shape index (κ3) is 5.09. The minimum Gasteiger partial charge on any atom is -0.366 e. The van der Waals surface area contributed by atoms with Crippen molar-refractivity contribution in [1.29, 1.82) is 0 Å². The van der Waals surface area contributed by atoms with Gasteiger partial charge in [-0.3, -0.25) is 9.59 Å². The van der Waals surface area contributed by atoms with Gasteiger partial charge in [0.05, 0.1) is 6.54 Å². The number of carbonyl (C=O) groups is 2. The van der Waals surface area contributed by atoms with E-state index in [4.69, 9.17) is 5.73 Å². The van der Waals surface area contributed by atoms with E-state index >= 15 is 0 Å². The average molecular weight is 263 g/mol. The van der Waals surface area contributed by atoms with Crippen LogP contribution in [-0.4, -0.2) is 36.3 Å². The van der Waals surface area contributed by atoms with E-state index in [9.17, 15) is 9.59 Å². The molecule has 0 atom stereocenters. The number of benzene rings is 1. The Morgan fingerprint density at radius 3 is 2.32 bits per heavy atom. The van der Waals surface area contributed by atoms with Crippen molar-refractivity contribution in [2.75, 3.05) is 13.6 Å². The number of carbonyl (C=O) groups excluding carboxylic acids is 2. The number of primary amides is 1. The highest BCUT2D eigenvalue weighted by molar-refractivity contribution is 5.92. The summed E-state index contributed by atoms with van der Waals surface area (Å²) in [5, 5.41) is 3.08. The van der Waals surface area contributed by atoms with E-state index < -0.39 is 5.91 Å². The predicted octanol–water partition coefficient (Wildman–Crippen LogP) is 0.742. The molecular weight excluding hydrogens is 242 g/mol. The van der Waals surface area contributed by atoms with Crippen molar-refractivity contribution in [3.8, 4) is 0 Å². The summed E-state index contributed by atoms with van der Waals surface area (Å²) in [6.45, 7) is 4.83. The standard InChI is InChI=1S/C14H21N3O2/c1-10(2)16-8-13(18)17(3)9-11-4-6-12(7-5-11)14(15)19/h4-7,10,16H,8-9H2,1-3H3,(H2,15,19). The molecule has 0 radical (unpaired) electrons. The molecular formula is C14H21N3O2. The fourth-order valence-electron chi connectivity index (χ4n) is 1.56. The van der Waals surface area contributed by atoms with Crippen LogP contribution < -0.4 is 11.1 Å². The molecule has 0 saturated carbocycles. The van der Waals surface area contributed by atoms with E-state index in [-0.39, 0.29) is 11.9 Å². The lowest BCUT2D eigenvalue weighted by molar-refractivity contribution is -0.129. The Labute approximate surface area is 113 Å². The van der Waals surface area contributed by atoms with Crippen LogP contribution in [-0.2, 0) is 11.3 Å². The van der Waals surface area contributed by atoms with Gasteiger partial charge in [-0.2, -0.15) is 0 Å². The lowest BCUT2D eigenvalue weighted by Crippen LogP contribution is -2.37. The highest BCUT2D eigenvalue weighted by Gasteiger charge is 2.09. The zero-order valence-electron chi connectivity index (χ0n) is 11.6. The van der Waals surface area contributed by atoms with Gasteiger partial charge in [0.1, 0.15) is 0 Å². The molecule has 1 rings (SSSR count). The molecule has 1 aromatic carbocycles. The van der Waals surface area contributed by atoms with E-state index in [1.54, 1.807) is 36.2 Å². The van der Waals surface area contributed by atoms with Crippen LogP contribution in [0.2, 0.25) is 0 Å². The molecule has 5 heteroatoms. The first-order valence-corrected chi connectivity index (χ1v) is 6.26. The van der Waals surface area contributed by atoms with Crippen LogP contribution in [0.5, 0.6) is 0 Å². The molecule has 19 heavy (non-hydrogen) atoms. The summed E-state index contributed by atoms with van der Waals surface area (Å²) in [5.74, 6) is -0.412. The summed E-state index contributed by atoms with van der Waals surface area (Å²) in [6.07, 6.45) is 0. The predicted molar refractivity (Wildman–Crippen MR) is 74.6 cm³/mol. The minimum atomic E-state index is -0.447. The second kappa shape index (κ2) is 6.89. The lowest BCUT2D eigenvalue weighted by atomic mass is 10.1. The summed E-state index contributed by atoms with van der Waals surface area (Å²) in [4.78, 5) is 24.4. The number of nitrogens with zero attached hydrogens (tertiary/aromatic N) is 1. The molecule has 0 spiro atoms. The third-order valence-electron chi connectivity index (χ3n) is 2.75. The maximum Gasteiger partial charge on any atom is 0.248 e. The summed E-state index contributed by atoms with van der Waals surface area (Å²) >= 11 is 0. The van der Waals surface area contributed by atoms with E-state index in [0.717, 1.165) is 5.56 Å². The first kappa shape index (κ1) is 15.2. The number of hydrogen-bond acceptors (Lipinski definition) is 3. The van der Waals surface area contributed by atoms with Crippen LogP contribution in [0.1, 0.15) is 29.8 Å². The third-order valence-corrected chi connectivity index (χ3v) is 2.75. The van der Waals surface area contributed by atoms with E-state index in [2.05, 4.69) is 5.32 Å². The maximum absolute atomic E-state index is 11.8.